The molecule has 1 fully saturated rings. The zero-order valence-corrected chi connectivity index (χ0v) is 11.0. The highest BCUT2D eigenvalue weighted by molar-refractivity contribution is 6.33. The highest BCUT2D eigenvalue weighted by atomic mass is 35.5. The zero-order chi connectivity index (χ0) is 11.6. The van der Waals surface area contributed by atoms with Crippen molar-refractivity contribution in [2.45, 2.75) is 38.1 Å². The molecule has 0 aromatic heterocycles. The van der Waals surface area contributed by atoms with Crippen LogP contribution in [0.15, 0.2) is 18.2 Å². The Balaban J connectivity index is 2.42. The first-order valence-corrected chi connectivity index (χ1v) is 6.64. The highest BCUT2D eigenvalue weighted by Crippen LogP contribution is 2.39. The first-order chi connectivity index (χ1) is 7.68. The van der Waals surface area contributed by atoms with E-state index < -0.39 is 0 Å². The van der Waals surface area contributed by atoms with Gasteiger partial charge in [-0.15, -0.1) is 0 Å². The Morgan fingerprint density at radius 2 is 2.19 bits per heavy atom. The lowest BCUT2D eigenvalue weighted by Gasteiger charge is -2.31. The lowest BCUT2D eigenvalue weighted by atomic mass is 9.84. The number of hydrogen-bond donors (Lipinski definition) is 1. The fourth-order valence-corrected chi connectivity index (χ4v) is 3.15. The van der Waals surface area contributed by atoms with Gasteiger partial charge >= 0.3 is 0 Å². The van der Waals surface area contributed by atoms with Crippen LogP contribution in [0.3, 0.4) is 0 Å². The van der Waals surface area contributed by atoms with Gasteiger partial charge in [-0.2, -0.15) is 0 Å². The fraction of sp³-hybridized carbons (Fsp3) is 0.538. The zero-order valence-electron chi connectivity index (χ0n) is 9.52. The summed E-state index contributed by atoms with van der Waals surface area (Å²) in [6.45, 7) is 3.28. The molecular formula is C13H17Cl2N. The lowest BCUT2D eigenvalue weighted by molar-refractivity contribution is 0.356. The summed E-state index contributed by atoms with van der Waals surface area (Å²) in [6.07, 6.45) is 4.63. The maximum absolute atomic E-state index is 6.30. The quantitative estimate of drug-likeness (QED) is 0.848. The third kappa shape index (κ3) is 2.22. The number of halogens is 2. The minimum Gasteiger partial charge on any atom is -0.307 e. The van der Waals surface area contributed by atoms with Crippen LogP contribution in [0, 0.1) is 0 Å². The molecule has 1 aromatic rings. The molecule has 1 aromatic carbocycles. The molecule has 88 valence electrons. The van der Waals surface area contributed by atoms with Crippen LogP contribution >= 0.6 is 23.2 Å². The van der Waals surface area contributed by atoms with Crippen molar-refractivity contribution < 1.29 is 0 Å². The monoisotopic (exact) mass is 257 g/mol. The minimum absolute atomic E-state index is 0.0523. The molecule has 0 amide bonds. The van der Waals surface area contributed by atoms with Crippen molar-refractivity contribution in [1.29, 1.82) is 0 Å². The molecule has 0 aliphatic carbocycles. The summed E-state index contributed by atoms with van der Waals surface area (Å²) in [7, 11) is 0. The maximum Gasteiger partial charge on any atom is 0.0457 e. The van der Waals surface area contributed by atoms with Gasteiger partial charge in [-0.05, 0) is 49.6 Å². The van der Waals surface area contributed by atoms with Crippen LogP contribution in [-0.4, -0.2) is 6.54 Å². The van der Waals surface area contributed by atoms with Crippen LogP contribution in [0.2, 0.25) is 10.0 Å². The van der Waals surface area contributed by atoms with Crippen LogP contribution in [0.5, 0.6) is 0 Å². The molecule has 1 unspecified atom stereocenters. The van der Waals surface area contributed by atoms with E-state index in [1.165, 1.54) is 12.0 Å². The number of nitrogens with one attached hydrogen (secondary N) is 1. The summed E-state index contributed by atoms with van der Waals surface area (Å²) < 4.78 is 0. The second-order valence-electron chi connectivity index (χ2n) is 4.49. The standard InChI is InChI=1S/C13H17Cl2N/c1-2-6-13(7-3-8-16-13)11-9-10(14)4-5-12(11)15/h4-5,9,16H,2-3,6-8H2,1H3. The van der Waals surface area contributed by atoms with E-state index >= 15 is 0 Å². The minimum atomic E-state index is 0.0523. The summed E-state index contributed by atoms with van der Waals surface area (Å²) in [5.41, 5.74) is 1.22. The van der Waals surface area contributed by atoms with Crippen LogP contribution in [0.25, 0.3) is 0 Å². The third-order valence-electron chi connectivity index (χ3n) is 3.36. The average Bonchev–Trinajstić information content (AvgIpc) is 2.72. The summed E-state index contributed by atoms with van der Waals surface area (Å²) in [5.74, 6) is 0. The summed E-state index contributed by atoms with van der Waals surface area (Å²) >= 11 is 12.4. The number of hydrogen-bond acceptors (Lipinski definition) is 1. The molecule has 1 atom stereocenters. The number of rotatable bonds is 3. The third-order valence-corrected chi connectivity index (χ3v) is 3.93. The molecule has 1 N–H and O–H groups in total. The van der Waals surface area contributed by atoms with Gasteiger partial charge in [0.05, 0.1) is 0 Å². The molecular weight excluding hydrogens is 241 g/mol. The Morgan fingerprint density at radius 1 is 1.38 bits per heavy atom. The Morgan fingerprint density at radius 3 is 2.81 bits per heavy atom. The molecule has 0 bridgehead atoms. The SMILES string of the molecule is CCCC1(c2cc(Cl)ccc2Cl)CCCN1. The van der Waals surface area contributed by atoms with Gasteiger partial charge in [0.15, 0.2) is 0 Å². The summed E-state index contributed by atoms with van der Waals surface area (Å²) in [5, 5.41) is 5.21. The van der Waals surface area contributed by atoms with Crippen molar-refractivity contribution in [3.8, 4) is 0 Å². The van der Waals surface area contributed by atoms with Crippen molar-refractivity contribution in [2.24, 2.45) is 0 Å². The molecule has 1 nitrogen and oxygen atoms in total. The van der Waals surface area contributed by atoms with E-state index in [1.54, 1.807) is 0 Å². The lowest BCUT2D eigenvalue weighted by Crippen LogP contribution is -2.36. The van der Waals surface area contributed by atoms with E-state index in [4.69, 9.17) is 23.2 Å². The van der Waals surface area contributed by atoms with Crippen LogP contribution < -0.4 is 5.32 Å². The van der Waals surface area contributed by atoms with Gasteiger partial charge in [-0.1, -0.05) is 36.5 Å². The van der Waals surface area contributed by atoms with Crippen molar-refractivity contribution in [2.75, 3.05) is 6.54 Å². The predicted octanol–water partition coefficient (Wildman–Crippen LogP) is 4.37. The van der Waals surface area contributed by atoms with Crippen molar-refractivity contribution in [3.05, 3.63) is 33.8 Å². The second-order valence-corrected chi connectivity index (χ2v) is 5.33. The molecule has 0 radical (unpaired) electrons. The van der Waals surface area contributed by atoms with Crippen molar-refractivity contribution >= 4 is 23.2 Å². The Bertz CT molecular complexity index is 370. The van der Waals surface area contributed by atoms with Gasteiger partial charge in [0.25, 0.3) is 0 Å². The van der Waals surface area contributed by atoms with Gasteiger partial charge in [0, 0.05) is 15.6 Å². The molecule has 2 rings (SSSR count). The second kappa shape index (κ2) is 4.95. The molecule has 1 saturated heterocycles. The smallest absolute Gasteiger partial charge is 0.0457 e. The summed E-state index contributed by atoms with van der Waals surface area (Å²) in [6, 6.07) is 5.76. The van der Waals surface area contributed by atoms with E-state index in [0.717, 1.165) is 35.9 Å². The largest absolute Gasteiger partial charge is 0.307 e. The predicted molar refractivity (Wildman–Crippen MR) is 70.3 cm³/mol. The molecule has 0 spiro atoms. The van der Waals surface area contributed by atoms with Gasteiger partial charge in [0.1, 0.15) is 0 Å². The molecule has 0 saturated carbocycles. The summed E-state index contributed by atoms with van der Waals surface area (Å²) in [4.78, 5) is 0. The highest BCUT2D eigenvalue weighted by Gasteiger charge is 2.35. The van der Waals surface area contributed by atoms with Crippen LogP contribution in [-0.2, 0) is 5.54 Å². The first-order valence-electron chi connectivity index (χ1n) is 5.88. The normalized spacial score (nSPS) is 24.9. The fourth-order valence-electron chi connectivity index (χ4n) is 2.68. The van der Waals surface area contributed by atoms with Gasteiger partial charge in [-0.3, -0.25) is 0 Å². The van der Waals surface area contributed by atoms with E-state index in [1.807, 2.05) is 18.2 Å². The molecule has 3 heteroatoms. The van der Waals surface area contributed by atoms with E-state index in [-0.39, 0.29) is 5.54 Å². The van der Waals surface area contributed by atoms with Gasteiger partial charge in [-0.25, -0.2) is 0 Å². The Hall–Kier alpha value is -0.240. The number of benzene rings is 1. The van der Waals surface area contributed by atoms with Crippen molar-refractivity contribution in [1.82, 2.24) is 5.32 Å². The Kier molecular flexibility index (Phi) is 3.78. The van der Waals surface area contributed by atoms with Gasteiger partial charge in [0.2, 0.25) is 0 Å². The van der Waals surface area contributed by atoms with E-state index in [9.17, 15) is 0 Å². The van der Waals surface area contributed by atoms with Gasteiger partial charge < -0.3 is 5.32 Å². The maximum atomic E-state index is 6.30. The molecule has 16 heavy (non-hydrogen) atoms. The van der Waals surface area contributed by atoms with E-state index in [2.05, 4.69) is 12.2 Å². The van der Waals surface area contributed by atoms with Crippen LogP contribution in [0.1, 0.15) is 38.2 Å². The van der Waals surface area contributed by atoms with Crippen molar-refractivity contribution in [3.63, 3.8) is 0 Å². The van der Waals surface area contributed by atoms with Crippen LogP contribution in [0.4, 0.5) is 0 Å². The molecule has 1 heterocycles. The molecule has 1 aliphatic heterocycles. The molecule has 1 aliphatic rings. The Labute approximate surface area is 107 Å². The first kappa shape index (κ1) is 12.2. The average molecular weight is 258 g/mol. The topological polar surface area (TPSA) is 12.0 Å². The van der Waals surface area contributed by atoms with E-state index in [0.29, 0.717) is 0 Å².